The second-order valence-corrected chi connectivity index (χ2v) is 5.93. The van der Waals surface area contributed by atoms with Crippen LogP contribution >= 0.6 is 11.8 Å². The Hall–Kier alpha value is -0.740. The molecule has 0 bridgehead atoms. The van der Waals surface area contributed by atoms with Crippen molar-refractivity contribution in [3.05, 3.63) is 0 Å². The van der Waals surface area contributed by atoms with Crippen LogP contribution in [-0.2, 0) is 16.0 Å². The van der Waals surface area contributed by atoms with E-state index < -0.39 is 6.10 Å². The second-order valence-electron chi connectivity index (χ2n) is 4.95. The second kappa shape index (κ2) is 9.31. The number of hydrogen-bond acceptors (Lipinski definition) is 8. The Labute approximate surface area is 128 Å². The number of aromatic nitrogens is 4. The molecule has 1 aromatic heterocycles. The van der Waals surface area contributed by atoms with Crippen LogP contribution < -0.4 is 5.32 Å². The van der Waals surface area contributed by atoms with Crippen molar-refractivity contribution in [3.8, 4) is 0 Å². The van der Waals surface area contributed by atoms with Crippen molar-refractivity contribution in [2.24, 2.45) is 0 Å². The molecule has 1 fully saturated rings. The largest absolute Gasteiger partial charge is 0.390 e. The molecule has 2 N–H and O–H groups in total. The minimum Gasteiger partial charge on any atom is -0.390 e. The zero-order chi connectivity index (χ0) is 14.9. The van der Waals surface area contributed by atoms with Gasteiger partial charge in [0.25, 0.3) is 0 Å². The molecule has 0 radical (unpaired) electrons. The number of rotatable bonds is 12. The van der Waals surface area contributed by atoms with Gasteiger partial charge in [0.1, 0.15) is 0 Å². The number of nitrogens with zero attached hydrogens (tertiary/aromatic N) is 4. The number of methoxy groups -OCH3 is 1. The van der Waals surface area contributed by atoms with Crippen molar-refractivity contribution in [3.63, 3.8) is 0 Å². The van der Waals surface area contributed by atoms with Gasteiger partial charge in [0.15, 0.2) is 0 Å². The van der Waals surface area contributed by atoms with Gasteiger partial charge in [0, 0.05) is 25.4 Å². The van der Waals surface area contributed by atoms with Crippen LogP contribution in [0.5, 0.6) is 0 Å². The maximum atomic E-state index is 9.82. The molecule has 0 aliphatic heterocycles. The molecule has 0 spiro atoms. The van der Waals surface area contributed by atoms with Gasteiger partial charge in [0.2, 0.25) is 5.16 Å². The van der Waals surface area contributed by atoms with E-state index in [9.17, 15) is 5.11 Å². The minimum atomic E-state index is -0.540. The maximum Gasteiger partial charge on any atom is 0.209 e. The fraction of sp³-hybridized carbons (Fsp3) is 0.917. The molecule has 1 atom stereocenters. The van der Waals surface area contributed by atoms with E-state index in [0.717, 1.165) is 18.2 Å². The standard InChI is InChI=1S/C12H23N5O3S/c1-19-6-7-20-8-11(18)9-21-12-14-15-16-17(12)5-4-13-10-2-3-10/h10-11,13,18H,2-9H2,1H3. The van der Waals surface area contributed by atoms with Crippen LogP contribution in [0.1, 0.15) is 12.8 Å². The van der Waals surface area contributed by atoms with Gasteiger partial charge in [-0.25, -0.2) is 4.68 Å². The summed E-state index contributed by atoms with van der Waals surface area (Å²) < 4.78 is 11.9. The molecule has 0 saturated heterocycles. The van der Waals surface area contributed by atoms with Crippen LogP contribution in [0.25, 0.3) is 0 Å². The summed E-state index contributed by atoms with van der Waals surface area (Å²) in [5.41, 5.74) is 0. The molecule has 120 valence electrons. The van der Waals surface area contributed by atoms with E-state index in [1.807, 2.05) is 0 Å². The molecular formula is C12H23N5O3S. The summed E-state index contributed by atoms with van der Waals surface area (Å²) in [4.78, 5) is 0. The van der Waals surface area contributed by atoms with Gasteiger partial charge >= 0.3 is 0 Å². The molecule has 2 rings (SSSR count). The van der Waals surface area contributed by atoms with Crippen LogP contribution in [0, 0.1) is 0 Å². The van der Waals surface area contributed by atoms with Crippen molar-refractivity contribution in [2.75, 3.05) is 39.2 Å². The van der Waals surface area contributed by atoms with E-state index in [1.165, 1.54) is 24.6 Å². The highest BCUT2D eigenvalue weighted by Gasteiger charge is 2.20. The topological polar surface area (TPSA) is 94.3 Å². The zero-order valence-electron chi connectivity index (χ0n) is 12.3. The molecule has 9 heteroatoms. The van der Waals surface area contributed by atoms with E-state index in [-0.39, 0.29) is 0 Å². The third-order valence-electron chi connectivity index (χ3n) is 2.98. The summed E-state index contributed by atoms with van der Waals surface area (Å²) in [6.07, 6.45) is 2.00. The number of ether oxygens (including phenoxy) is 2. The van der Waals surface area contributed by atoms with E-state index in [1.54, 1.807) is 11.8 Å². The number of nitrogens with one attached hydrogen (secondary N) is 1. The fourth-order valence-corrected chi connectivity index (χ4v) is 2.49. The average molecular weight is 317 g/mol. The maximum absolute atomic E-state index is 9.82. The summed E-state index contributed by atoms with van der Waals surface area (Å²) in [6, 6.07) is 0.684. The van der Waals surface area contributed by atoms with Crippen molar-refractivity contribution < 1.29 is 14.6 Å². The summed E-state index contributed by atoms with van der Waals surface area (Å²) in [6.45, 7) is 2.92. The Bertz CT molecular complexity index is 402. The number of hydrogen-bond donors (Lipinski definition) is 2. The van der Waals surface area contributed by atoms with Gasteiger partial charge in [-0.3, -0.25) is 0 Å². The first-order valence-corrected chi connectivity index (χ1v) is 8.15. The zero-order valence-corrected chi connectivity index (χ0v) is 13.1. The SMILES string of the molecule is COCCOCC(O)CSc1nnnn1CCNC1CC1. The van der Waals surface area contributed by atoms with Gasteiger partial charge in [-0.05, 0) is 23.3 Å². The summed E-state index contributed by atoms with van der Waals surface area (Å²) >= 11 is 1.44. The fourth-order valence-electron chi connectivity index (χ4n) is 1.68. The third-order valence-corrected chi connectivity index (χ3v) is 4.08. The highest BCUT2D eigenvalue weighted by molar-refractivity contribution is 7.99. The molecule has 1 unspecified atom stereocenters. The first-order chi connectivity index (χ1) is 10.3. The monoisotopic (exact) mass is 317 g/mol. The van der Waals surface area contributed by atoms with E-state index in [4.69, 9.17) is 9.47 Å². The van der Waals surface area contributed by atoms with Crippen LogP contribution in [0.15, 0.2) is 5.16 Å². The third kappa shape index (κ3) is 6.70. The molecule has 1 aliphatic carbocycles. The van der Waals surface area contributed by atoms with Crippen molar-refractivity contribution in [1.82, 2.24) is 25.5 Å². The lowest BCUT2D eigenvalue weighted by atomic mass is 10.4. The van der Waals surface area contributed by atoms with Gasteiger partial charge < -0.3 is 19.9 Å². The van der Waals surface area contributed by atoms with Gasteiger partial charge in [-0.2, -0.15) is 0 Å². The molecule has 1 aromatic rings. The van der Waals surface area contributed by atoms with Gasteiger partial charge in [0.05, 0.1) is 32.5 Å². The first kappa shape index (κ1) is 16.6. The highest BCUT2D eigenvalue weighted by atomic mass is 32.2. The van der Waals surface area contributed by atoms with E-state index >= 15 is 0 Å². The Morgan fingerprint density at radius 1 is 1.48 bits per heavy atom. The number of aliphatic hydroxyl groups excluding tert-OH is 1. The van der Waals surface area contributed by atoms with Crippen LogP contribution in [-0.4, -0.2) is 76.7 Å². The first-order valence-electron chi connectivity index (χ1n) is 7.16. The molecule has 0 aromatic carbocycles. The Morgan fingerprint density at radius 3 is 3.10 bits per heavy atom. The van der Waals surface area contributed by atoms with Crippen molar-refractivity contribution >= 4 is 11.8 Å². The van der Waals surface area contributed by atoms with Crippen LogP contribution in [0.4, 0.5) is 0 Å². The normalized spacial score (nSPS) is 16.3. The van der Waals surface area contributed by atoms with E-state index in [2.05, 4.69) is 20.8 Å². The average Bonchev–Trinajstić information content (AvgIpc) is 3.20. The molecule has 1 aliphatic rings. The molecule has 1 saturated carbocycles. The predicted octanol–water partition coefficient (Wildman–Crippen LogP) is -0.459. The Morgan fingerprint density at radius 2 is 2.33 bits per heavy atom. The van der Waals surface area contributed by atoms with Crippen molar-refractivity contribution in [2.45, 2.75) is 36.7 Å². The van der Waals surface area contributed by atoms with Crippen molar-refractivity contribution in [1.29, 1.82) is 0 Å². The summed E-state index contributed by atoms with van der Waals surface area (Å²) in [7, 11) is 1.62. The molecule has 21 heavy (non-hydrogen) atoms. The number of tetrazole rings is 1. The number of thioether (sulfide) groups is 1. The molecule has 0 amide bonds. The lowest BCUT2D eigenvalue weighted by Crippen LogP contribution is -2.23. The van der Waals surface area contributed by atoms with Crippen LogP contribution in [0.3, 0.4) is 0 Å². The lowest BCUT2D eigenvalue weighted by Gasteiger charge is -2.10. The molecular weight excluding hydrogens is 294 g/mol. The lowest BCUT2D eigenvalue weighted by molar-refractivity contribution is 0.0218. The van der Waals surface area contributed by atoms with Gasteiger partial charge in [-0.1, -0.05) is 11.8 Å². The predicted molar refractivity (Wildman–Crippen MR) is 78.3 cm³/mol. The van der Waals surface area contributed by atoms with Crippen LogP contribution in [0.2, 0.25) is 0 Å². The quantitative estimate of drug-likeness (QED) is 0.395. The number of aliphatic hydroxyl groups is 1. The molecule has 8 nitrogen and oxygen atoms in total. The Balaban J connectivity index is 1.61. The minimum absolute atomic E-state index is 0.293. The molecule has 1 heterocycles. The smallest absolute Gasteiger partial charge is 0.209 e. The van der Waals surface area contributed by atoms with Gasteiger partial charge in [-0.15, -0.1) is 5.10 Å². The highest BCUT2D eigenvalue weighted by Crippen LogP contribution is 2.18. The summed E-state index contributed by atoms with van der Waals surface area (Å²) in [5.74, 6) is 0.503. The van der Waals surface area contributed by atoms with E-state index in [0.29, 0.717) is 31.6 Å². The Kier molecular flexibility index (Phi) is 7.37. The summed E-state index contributed by atoms with van der Waals surface area (Å²) in [5, 5.41) is 25.6.